The lowest BCUT2D eigenvalue weighted by molar-refractivity contribution is -0.130. The largest absolute Gasteiger partial charge is 0.391 e. The van der Waals surface area contributed by atoms with Crippen LogP contribution in [0.4, 0.5) is 0 Å². The van der Waals surface area contributed by atoms with Crippen LogP contribution in [0.1, 0.15) is 29.7 Å². The number of methoxy groups -OCH3 is 1. The molecule has 0 fully saturated rings. The van der Waals surface area contributed by atoms with E-state index in [4.69, 9.17) is 21.2 Å². The Hall–Kier alpha value is -2.37. The van der Waals surface area contributed by atoms with Gasteiger partial charge in [-0.05, 0) is 30.2 Å². The van der Waals surface area contributed by atoms with Gasteiger partial charge >= 0.3 is 0 Å². The van der Waals surface area contributed by atoms with Gasteiger partial charge in [-0.3, -0.25) is 4.79 Å². The smallest absolute Gasteiger partial charge is 0.253 e. The molecule has 6 heteroatoms. The van der Waals surface area contributed by atoms with E-state index in [9.17, 15) is 4.79 Å². The highest BCUT2D eigenvalue weighted by Crippen LogP contribution is 2.22. The second kappa shape index (κ2) is 9.20. The number of amides is 1. The average Bonchev–Trinajstić information content (AvgIpc) is 2.63. The van der Waals surface area contributed by atoms with E-state index in [1.165, 1.54) is 7.11 Å². The maximum absolute atomic E-state index is 12.0. The van der Waals surface area contributed by atoms with Crippen molar-refractivity contribution in [3.8, 4) is 0 Å². The van der Waals surface area contributed by atoms with Gasteiger partial charge in [0.1, 0.15) is 6.61 Å². The third-order valence-corrected chi connectivity index (χ3v) is 3.96. The molecule has 0 radical (unpaired) electrons. The summed E-state index contributed by atoms with van der Waals surface area (Å²) in [6.07, 6.45) is -0.692. The molecule has 0 heterocycles. The first-order valence-corrected chi connectivity index (χ1v) is 8.19. The van der Waals surface area contributed by atoms with Crippen molar-refractivity contribution >= 4 is 23.2 Å². The van der Waals surface area contributed by atoms with Crippen LogP contribution in [-0.4, -0.2) is 25.8 Å². The number of carbonyl (C=O) groups is 1. The lowest BCUT2D eigenvalue weighted by Gasteiger charge is -2.17. The zero-order valence-electron chi connectivity index (χ0n) is 14.5. The van der Waals surface area contributed by atoms with Gasteiger partial charge in [-0.2, -0.15) is 0 Å². The van der Waals surface area contributed by atoms with Gasteiger partial charge in [0, 0.05) is 24.7 Å². The molecule has 1 N–H and O–H groups in total. The Balaban J connectivity index is 2.13. The second-order valence-electron chi connectivity index (χ2n) is 5.39. The molecule has 0 aliphatic carbocycles. The normalized spacial score (nSPS) is 12.6. The van der Waals surface area contributed by atoms with E-state index in [0.29, 0.717) is 5.02 Å². The van der Waals surface area contributed by atoms with Gasteiger partial charge in [0.2, 0.25) is 0 Å². The number of hydrogen-bond acceptors (Lipinski definition) is 4. The summed E-state index contributed by atoms with van der Waals surface area (Å²) >= 11 is 5.99. The average molecular weight is 361 g/mol. The lowest BCUT2D eigenvalue weighted by Crippen LogP contribution is -2.27. The molecule has 25 heavy (non-hydrogen) atoms. The van der Waals surface area contributed by atoms with Crippen LogP contribution < -0.4 is 5.32 Å². The summed E-state index contributed by atoms with van der Waals surface area (Å²) < 4.78 is 5.32. The fraction of sp³-hybridized carbons (Fsp3) is 0.263. The topological polar surface area (TPSA) is 59.9 Å². The van der Waals surface area contributed by atoms with Crippen molar-refractivity contribution in [3.05, 3.63) is 70.2 Å². The summed E-state index contributed by atoms with van der Waals surface area (Å²) in [6.45, 7) is 2.07. The second-order valence-corrected chi connectivity index (χ2v) is 5.83. The zero-order valence-corrected chi connectivity index (χ0v) is 15.2. The highest BCUT2D eigenvalue weighted by molar-refractivity contribution is 6.31. The molecular weight excluding hydrogens is 340 g/mol. The molecule has 132 valence electrons. The van der Waals surface area contributed by atoms with E-state index in [2.05, 4.69) is 10.5 Å². The first-order chi connectivity index (χ1) is 12.1. The number of nitrogens with one attached hydrogen (secondary N) is 1. The lowest BCUT2D eigenvalue weighted by atomic mass is 10.0. The van der Waals surface area contributed by atoms with Crippen LogP contribution in [0.3, 0.4) is 0 Å². The number of hydrogen-bond donors (Lipinski definition) is 1. The predicted molar refractivity (Wildman–Crippen MR) is 98.7 cm³/mol. The van der Waals surface area contributed by atoms with E-state index in [1.807, 2.05) is 49.4 Å². The van der Waals surface area contributed by atoms with Gasteiger partial charge in [-0.25, -0.2) is 0 Å². The fourth-order valence-electron chi connectivity index (χ4n) is 2.39. The minimum Gasteiger partial charge on any atom is -0.391 e. The Morgan fingerprint density at radius 2 is 2.00 bits per heavy atom. The summed E-state index contributed by atoms with van der Waals surface area (Å²) in [6, 6.07) is 14.9. The monoisotopic (exact) mass is 360 g/mol. The highest BCUT2D eigenvalue weighted by Gasteiger charge is 2.21. The maximum atomic E-state index is 12.0. The summed E-state index contributed by atoms with van der Waals surface area (Å²) in [5, 5.41) is 7.38. The molecule has 2 aromatic rings. The summed E-state index contributed by atoms with van der Waals surface area (Å²) in [4.78, 5) is 17.5. The van der Waals surface area contributed by atoms with E-state index in [1.54, 1.807) is 13.1 Å². The number of oxime groups is 1. The number of benzene rings is 2. The molecule has 0 aliphatic rings. The van der Waals surface area contributed by atoms with Crippen molar-refractivity contribution in [2.75, 3.05) is 14.2 Å². The Morgan fingerprint density at radius 3 is 2.68 bits per heavy atom. The quantitative estimate of drug-likeness (QED) is 0.604. The van der Waals surface area contributed by atoms with Gasteiger partial charge in [0.25, 0.3) is 5.91 Å². The molecule has 0 bridgehead atoms. The Bertz CT molecular complexity index is 762. The van der Waals surface area contributed by atoms with Crippen LogP contribution in [0.5, 0.6) is 0 Å². The summed E-state index contributed by atoms with van der Waals surface area (Å²) in [5.74, 6) is -0.214. The van der Waals surface area contributed by atoms with Crippen LogP contribution in [0.15, 0.2) is 53.7 Å². The number of nitrogens with zero attached hydrogens (tertiary/aromatic N) is 1. The van der Waals surface area contributed by atoms with Crippen molar-refractivity contribution in [3.63, 3.8) is 0 Å². The van der Waals surface area contributed by atoms with Crippen LogP contribution in [-0.2, 0) is 21.0 Å². The van der Waals surface area contributed by atoms with E-state index in [-0.39, 0.29) is 12.5 Å². The van der Waals surface area contributed by atoms with E-state index >= 15 is 0 Å². The van der Waals surface area contributed by atoms with Gasteiger partial charge in [0.15, 0.2) is 6.10 Å². The molecular formula is C19H21ClN2O3. The molecule has 5 nitrogen and oxygen atoms in total. The van der Waals surface area contributed by atoms with Gasteiger partial charge < -0.3 is 14.9 Å². The molecule has 1 amide bonds. The molecule has 0 saturated heterocycles. The number of ether oxygens (including phenoxy) is 1. The molecule has 2 rings (SSSR count). The molecule has 1 unspecified atom stereocenters. The van der Waals surface area contributed by atoms with Crippen molar-refractivity contribution < 1.29 is 14.4 Å². The summed E-state index contributed by atoms with van der Waals surface area (Å²) in [7, 11) is 3.07. The van der Waals surface area contributed by atoms with E-state index < -0.39 is 6.10 Å². The van der Waals surface area contributed by atoms with Gasteiger partial charge in [0.05, 0.1) is 5.71 Å². The first kappa shape index (κ1) is 19.0. The Morgan fingerprint density at radius 1 is 1.24 bits per heavy atom. The standard InChI is InChI=1S/C19H21ClN2O3/c1-13(14-8-6-9-16(20)11-14)22-25-12-15-7-4-5-10-17(15)18(24-3)19(23)21-2/h4-11,18H,12H2,1-3H3,(H,21,23)/b22-13+. The van der Waals surface area contributed by atoms with Crippen LogP contribution >= 0.6 is 11.6 Å². The van der Waals surface area contributed by atoms with E-state index in [0.717, 1.165) is 22.4 Å². The van der Waals surface area contributed by atoms with Gasteiger partial charge in [-0.15, -0.1) is 0 Å². The van der Waals surface area contributed by atoms with Gasteiger partial charge in [-0.1, -0.05) is 53.2 Å². The maximum Gasteiger partial charge on any atom is 0.253 e. The summed E-state index contributed by atoms with van der Waals surface area (Å²) in [5.41, 5.74) is 3.19. The third-order valence-electron chi connectivity index (χ3n) is 3.72. The Kier molecular flexibility index (Phi) is 6.98. The van der Waals surface area contributed by atoms with Crippen molar-refractivity contribution in [1.29, 1.82) is 0 Å². The molecule has 1 atom stereocenters. The third kappa shape index (κ3) is 5.05. The molecule has 2 aromatic carbocycles. The van der Waals surface area contributed by atoms with Crippen LogP contribution in [0.25, 0.3) is 0 Å². The molecule has 0 aliphatic heterocycles. The fourth-order valence-corrected chi connectivity index (χ4v) is 2.58. The molecule has 0 spiro atoms. The molecule has 0 aromatic heterocycles. The van der Waals surface area contributed by atoms with Crippen molar-refractivity contribution in [2.24, 2.45) is 5.16 Å². The van der Waals surface area contributed by atoms with Crippen LogP contribution in [0, 0.1) is 0 Å². The van der Waals surface area contributed by atoms with Crippen molar-refractivity contribution in [1.82, 2.24) is 5.32 Å². The number of rotatable bonds is 7. The Labute approximate surface area is 152 Å². The zero-order chi connectivity index (χ0) is 18.2. The van der Waals surface area contributed by atoms with Crippen molar-refractivity contribution in [2.45, 2.75) is 19.6 Å². The first-order valence-electron chi connectivity index (χ1n) is 7.81. The number of carbonyl (C=O) groups excluding carboxylic acids is 1. The van der Waals surface area contributed by atoms with Crippen LogP contribution in [0.2, 0.25) is 5.02 Å². The SMILES string of the molecule is CNC(=O)C(OC)c1ccccc1CO/N=C(\C)c1cccc(Cl)c1. The molecule has 0 saturated carbocycles. The number of likely N-dealkylation sites (N-methyl/N-ethyl adjacent to an activating group) is 1. The minimum atomic E-state index is -0.692. The predicted octanol–water partition coefficient (Wildman–Crippen LogP) is 3.71. The highest BCUT2D eigenvalue weighted by atomic mass is 35.5. The minimum absolute atomic E-state index is 0.214. The number of halogens is 1.